The van der Waals surface area contributed by atoms with Crippen molar-refractivity contribution in [1.82, 2.24) is 9.97 Å². The number of nitrogens with one attached hydrogen (secondary N) is 1. The Morgan fingerprint density at radius 2 is 1.95 bits per heavy atom. The predicted molar refractivity (Wildman–Crippen MR) is 86.0 cm³/mol. The molecule has 0 saturated heterocycles. The van der Waals surface area contributed by atoms with Crippen LogP contribution in [0.2, 0.25) is 5.02 Å². The summed E-state index contributed by atoms with van der Waals surface area (Å²) in [5.41, 5.74) is 3.12. The van der Waals surface area contributed by atoms with Crippen LogP contribution in [-0.4, -0.2) is 9.97 Å². The number of halogens is 1. The van der Waals surface area contributed by atoms with Crippen molar-refractivity contribution in [3.8, 4) is 5.75 Å². The lowest BCUT2D eigenvalue weighted by molar-refractivity contribution is 0.218. The molecule has 1 aromatic heterocycles. The average molecular weight is 301 g/mol. The van der Waals surface area contributed by atoms with Gasteiger partial charge in [-0.15, -0.1) is 0 Å². The minimum absolute atomic E-state index is 0.149. The lowest BCUT2D eigenvalue weighted by Gasteiger charge is -2.12. The summed E-state index contributed by atoms with van der Waals surface area (Å²) in [5, 5.41) is 0.696. The van der Waals surface area contributed by atoms with E-state index in [1.54, 1.807) is 0 Å². The quantitative estimate of drug-likeness (QED) is 0.742. The molecule has 3 aromatic rings. The van der Waals surface area contributed by atoms with E-state index in [9.17, 15) is 0 Å². The van der Waals surface area contributed by atoms with Gasteiger partial charge >= 0.3 is 0 Å². The van der Waals surface area contributed by atoms with Crippen LogP contribution in [0.1, 0.15) is 31.3 Å². The van der Waals surface area contributed by atoms with E-state index in [4.69, 9.17) is 16.3 Å². The first kappa shape index (κ1) is 14.0. The third-order valence-corrected chi connectivity index (χ3v) is 3.73. The zero-order chi connectivity index (χ0) is 14.8. The molecule has 0 radical (unpaired) electrons. The lowest BCUT2D eigenvalue weighted by Crippen LogP contribution is -2.05. The molecular weight excluding hydrogens is 284 g/mol. The number of fused-ring (bicyclic) bond motifs is 1. The van der Waals surface area contributed by atoms with Gasteiger partial charge in [-0.05, 0) is 49.2 Å². The molecule has 0 saturated carbocycles. The maximum Gasteiger partial charge on any atom is 0.153 e. The summed E-state index contributed by atoms with van der Waals surface area (Å²) in [7, 11) is 0. The number of H-pyrrole nitrogens is 1. The van der Waals surface area contributed by atoms with E-state index in [-0.39, 0.29) is 6.10 Å². The first-order valence-electron chi connectivity index (χ1n) is 7.06. The Morgan fingerprint density at radius 3 is 2.67 bits per heavy atom. The van der Waals surface area contributed by atoms with Crippen molar-refractivity contribution in [2.75, 3.05) is 0 Å². The first-order valence-corrected chi connectivity index (χ1v) is 7.44. The SMILES string of the molecule is CCc1ccc(O[C@H](C)c2nc3ccc(Cl)cc3[nH]2)cc1. The summed E-state index contributed by atoms with van der Waals surface area (Å²) in [6.07, 6.45) is 0.879. The van der Waals surface area contributed by atoms with Gasteiger partial charge in [0.25, 0.3) is 0 Å². The van der Waals surface area contributed by atoms with Crippen molar-refractivity contribution in [2.45, 2.75) is 26.4 Å². The smallest absolute Gasteiger partial charge is 0.153 e. The molecule has 108 valence electrons. The summed E-state index contributed by atoms with van der Waals surface area (Å²) < 4.78 is 5.93. The van der Waals surface area contributed by atoms with Gasteiger partial charge in [0.2, 0.25) is 0 Å². The molecule has 0 amide bonds. The number of imidazole rings is 1. The number of aromatic nitrogens is 2. The highest BCUT2D eigenvalue weighted by molar-refractivity contribution is 6.31. The molecule has 3 nitrogen and oxygen atoms in total. The van der Waals surface area contributed by atoms with Crippen molar-refractivity contribution >= 4 is 22.6 Å². The highest BCUT2D eigenvalue weighted by Crippen LogP contribution is 2.24. The van der Waals surface area contributed by atoms with E-state index >= 15 is 0 Å². The van der Waals surface area contributed by atoms with Gasteiger partial charge in [-0.1, -0.05) is 30.7 Å². The maximum absolute atomic E-state index is 5.99. The molecule has 0 aliphatic heterocycles. The van der Waals surface area contributed by atoms with E-state index < -0.39 is 0 Å². The second kappa shape index (κ2) is 5.78. The maximum atomic E-state index is 5.99. The van der Waals surface area contributed by atoms with Gasteiger partial charge in [0, 0.05) is 5.02 Å². The second-order valence-corrected chi connectivity index (χ2v) is 5.48. The molecule has 0 bridgehead atoms. The molecule has 0 fully saturated rings. The average Bonchev–Trinajstić information content (AvgIpc) is 2.91. The van der Waals surface area contributed by atoms with Crippen molar-refractivity contribution in [1.29, 1.82) is 0 Å². The monoisotopic (exact) mass is 300 g/mol. The van der Waals surface area contributed by atoms with Crippen LogP contribution < -0.4 is 4.74 Å². The van der Waals surface area contributed by atoms with Crippen LogP contribution in [0.15, 0.2) is 42.5 Å². The number of aromatic amines is 1. The molecule has 0 aliphatic carbocycles. The molecule has 0 spiro atoms. The zero-order valence-corrected chi connectivity index (χ0v) is 12.8. The van der Waals surface area contributed by atoms with Gasteiger partial charge in [-0.25, -0.2) is 4.98 Å². The molecule has 4 heteroatoms. The predicted octanol–water partition coefficient (Wildman–Crippen LogP) is 4.92. The standard InChI is InChI=1S/C17H17ClN2O/c1-3-12-4-7-14(8-5-12)21-11(2)17-19-15-9-6-13(18)10-16(15)20-17/h4-11H,3H2,1-2H3,(H,19,20)/t11-/m1/s1. The third-order valence-electron chi connectivity index (χ3n) is 3.49. The first-order chi connectivity index (χ1) is 10.2. The van der Waals surface area contributed by atoms with Gasteiger partial charge in [0.15, 0.2) is 6.10 Å². The molecule has 1 N–H and O–H groups in total. The summed E-state index contributed by atoms with van der Waals surface area (Å²) in [6, 6.07) is 13.8. The number of hydrogen-bond donors (Lipinski definition) is 1. The largest absolute Gasteiger partial charge is 0.483 e. The van der Waals surface area contributed by atoms with Crippen LogP contribution >= 0.6 is 11.6 Å². The van der Waals surface area contributed by atoms with Gasteiger partial charge < -0.3 is 9.72 Å². The Morgan fingerprint density at radius 1 is 1.19 bits per heavy atom. The normalized spacial score (nSPS) is 12.5. The minimum atomic E-state index is -0.149. The van der Waals surface area contributed by atoms with Crippen molar-refractivity contribution < 1.29 is 4.74 Å². The molecule has 2 aromatic carbocycles. The highest BCUT2D eigenvalue weighted by atomic mass is 35.5. The number of hydrogen-bond acceptors (Lipinski definition) is 2. The third kappa shape index (κ3) is 3.03. The van der Waals surface area contributed by atoms with Crippen LogP contribution in [-0.2, 0) is 6.42 Å². The molecular formula is C17H17ClN2O. The molecule has 1 atom stereocenters. The fourth-order valence-electron chi connectivity index (χ4n) is 2.26. The topological polar surface area (TPSA) is 37.9 Å². The van der Waals surface area contributed by atoms with Crippen LogP contribution in [0.25, 0.3) is 11.0 Å². The van der Waals surface area contributed by atoms with Crippen LogP contribution in [0.5, 0.6) is 5.75 Å². The van der Waals surface area contributed by atoms with Gasteiger partial charge in [0.05, 0.1) is 11.0 Å². The summed E-state index contributed by atoms with van der Waals surface area (Å²) in [6.45, 7) is 4.12. The Balaban J connectivity index is 1.80. The highest BCUT2D eigenvalue weighted by Gasteiger charge is 2.12. The Labute approximate surface area is 128 Å². The fourth-order valence-corrected chi connectivity index (χ4v) is 2.43. The van der Waals surface area contributed by atoms with E-state index in [1.807, 2.05) is 37.3 Å². The zero-order valence-electron chi connectivity index (χ0n) is 12.1. The Bertz CT molecular complexity index is 749. The second-order valence-electron chi connectivity index (χ2n) is 5.04. The number of benzene rings is 2. The van der Waals surface area contributed by atoms with Crippen LogP contribution in [0.4, 0.5) is 0 Å². The van der Waals surface area contributed by atoms with Gasteiger partial charge in [-0.3, -0.25) is 0 Å². The lowest BCUT2D eigenvalue weighted by atomic mass is 10.2. The number of rotatable bonds is 4. The van der Waals surface area contributed by atoms with Crippen LogP contribution in [0, 0.1) is 0 Å². The van der Waals surface area contributed by atoms with Crippen molar-refractivity contribution in [3.05, 3.63) is 58.9 Å². The van der Waals surface area contributed by atoms with Gasteiger partial charge in [-0.2, -0.15) is 0 Å². The summed E-state index contributed by atoms with van der Waals surface area (Å²) >= 11 is 5.99. The number of ether oxygens (including phenoxy) is 1. The molecule has 0 unspecified atom stereocenters. The Kier molecular flexibility index (Phi) is 3.84. The molecule has 3 rings (SSSR count). The fraction of sp³-hybridized carbons (Fsp3) is 0.235. The van der Waals surface area contributed by atoms with Crippen molar-refractivity contribution in [3.63, 3.8) is 0 Å². The van der Waals surface area contributed by atoms with Gasteiger partial charge in [0.1, 0.15) is 11.6 Å². The molecule has 0 aliphatic rings. The van der Waals surface area contributed by atoms with Crippen molar-refractivity contribution in [2.24, 2.45) is 0 Å². The summed E-state index contributed by atoms with van der Waals surface area (Å²) in [5.74, 6) is 1.64. The number of aryl methyl sites for hydroxylation is 1. The van der Waals surface area contributed by atoms with E-state index in [0.717, 1.165) is 29.0 Å². The van der Waals surface area contributed by atoms with E-state index in [0.29, 0.717) is 5.02 Å². The number of nitrogens with zero attached hydrogens (tertiary/aromatic N) is 1. The Hall–Kier alpha value is -2.00. The minimum Gasteiger partial charge on any atom is -0.483 e. The van der Waals surface area contributed by atoms with E-state index in [2.05, 4.69) is 29.0 Å². The van der Waals surface area contributed by atoms with E-state index in [1.165, 1.54) is 5.56 Å². The molecule has 21 heavy (non-hydrogen) atoms. The summed E-state index contributed by atoms with van der Waals surface area (Å²) in [4.78, 5) is 7.80. The van der Waals surface area contributed by atoms with Crippen LogP contribution in [0.3, 0.4) is 0 Å². The molecule has 1 heterocycles.